The van der Waals surface area contributed by atoms with Gasteiger partial charge >= 0.3 is 5.97 Å². The fraction of sp³-hybridized carbons (Fsp3) is 0.522. The highest BCUT2D eigenvalue weighted by molar-refractivity contribution is 5.81. The summed E-state index contributed by atoms with van der Waals surface area (Å²) in [6.07, 6.45) is 10.0. The van der Waals surface area contributed by atoms with Gasteiger partial charge in [0, 0.05) is 11.5 Å². The number of carboxylic acids is 1. The number of hydrogen-bond acceptors (Lipinski definition) is 1. The van der Waals surface area contributed by atoms with E-state index in [2.05, 4.69) is 52.0 Å². The Bertz CT molecular complexity index is 809. The summed E-state index contributed by atoms with van der Waals surface area (Å²) in [7, 11) is 0. The van der Waals surface area contributed by atoms with Crippen molar-refractivity contribution in [2.24, 2.45) is 5.92 Å². The zero-order chi connectivity index (χ0) is 18.0. The lowest BCUT2D eigenvalue weighted by Crippen LogP contribution is -2.34. The Hall–Kier alpha value is -1.83. The van der Waals surface area contributed by atoms with Gasteiger partial charge in [-0.25, -0.2) is 4.79 Å². The molecule has 25 heavy (non-hydrogen) atoms. The molecule has 0 bridgehead atoms. The molecule has 0 heterocycles. The van der Waals surface area contributed by atoms with Crippen molar-refractivity contribution >= 4 is 5.97 Å². The maximum Gasteiger partial charge on any atom is 0.328 e. The van der Waals surface area contributed by atoms with Crippen LogP contribution in [0.5, 0.6) is 0 Å². The molecule has 1 fully saturated rings. The van der Waals surface area contributed by atoms with E-state index in [-0.39, 0.29) is 16.2 Å². The molecule has 0 aliphatic heterocycles. The van der Waals surface area contributed by atoms with Gasteiger partial charge in [-0.2, -0.15) is 0 Å². The number of allylic oxidation sites excluding steroid dienone is 3. The van der Waals surface area contributed by atoms with Gasteiger partial charge in [0.25, 0.3) is 0 Å². The van der Waals surface area contributed by atoms with Crippen LogP contribution in [0.3, 0.4) is 0 Å². The Morgan fingerprint density at radius 3 is 2.44 bits per heavy atom. The normalized spacial score (nSPS) is 31.4. The van der Waals surface area contributed by atoms with Crippen molar-refractivity contribution in [1.82, 2.24) is 0 Å². The molecule has 132 valence electrons. The summed E-state index contributed by atoms with van der Waals surface area (Å²) in [4.78, 5) is 11.0. The average molecular weight is 336 g/mol. The molecule has 2 unspecified atom stereocenters. The minimum atomic E-state index is -0.867. The van der Waals surface area contributed by atoms with Crippen LogP contribution in [0.1, 0.15) is 70.1 Å². The van der Waals surface area contributed by atoms with Gasteiger partial charge in [0.2, 0.25) is 0 Å². The van der Waals surface area contributed by atoms with Crippen LogP contribution in [0.2, 0.25) is 0 Å². The van der Waals surface area contributed by atoms with Crippen molar-refractivity contribution in [2.45, 2.75) is 69.6 Å². The lowest BCUT2D eigenvalue weighted by molar-refractivity contribution is -0.131. The minimum Gasteiger partial charge on any atom is -0.478 e. The molecule has 1 aromatic carbocycles. The zero-order valence-electron chi connectivity index (χ0n) is 15.7. The number of aliphatic carboxylic acids is 1. The first-order chi connectivity index (χ1) is 11.7. The molecule has 2 heteroatoms. The predicted octanol–water partition coefficient (Wildman–Crippen LogP) is 5.26. The molecule has 2 nitrogen and oxygen atoms in total. The summed E-state index contributed by atoms with van der Waals surface area (Å²) in [6, 6.07) is 7.12. The van der Waals surface area contributed by atoms with Gasteiger partial charge in [-0.05, 0) is 64.7 Å². The van der Waals surface area contributed by atoms with E-state index in [9.17, 15) is 4.79 Å². The fourth-order valence-corrected chi connectivity index (χ4v) is 5.18. The fourth-order valence-electron chi connectivity index (χ4n) is 5.18. The second-order valence-electron chi connectivity index (χ2n) is 9.47. The second kappa shape index (κ2) is 5.09. The van der Waals surface area contributed by atoms with Crippen LogP contribution in [-0.2, 0) is 21.0 Å². The first-order valence-corrected chi connectivity index (χ1v) is 9.44. The van der Waals surface area contributed by atoms with Crippen molar-refractivity contribution in [3.05, 3.63) is 58.7 Å². The molecule has 1 saturated carbocycles. The Labute approximate surface area is 150 Å². The lowest BCUT2D eigenvalue weighted by atomic mass is 9.62. The lowest BCUT2D eigenvalue weighted by Gasteiger charge is -2.42. The first-order valence-electron chi connectivity index (χ1n) is 9.44. The predicted molar refractivity (Wildman–Crippen MR) is 101 cm³/mol. The van der Waals surface area contributed by atoms with E-state index in [0.29, 0.717) is 5.92 Å². The highest BCUT2D eigenvalue weighted by Crippen LogP contribution is 2.65. The number of fused-ring (bicyclic) bond motifs is 2. The highest BCUT2D eigenvalue weighted by Gasteiger charge is 2.59. The van der Waals surface area contributed by atoms with Gasteiger partial charge in [-0.1, -0.05) is 58.0 Å². The Kier molecular flexibility index (Phi) is 3.39. The highest BCUT2D eigenvalue weighted by atomic mass is 16.4. The molecule has 3 aliphatic carbocycles. The minimum absolute atomic E-state index is 0.0681. The van der Waals surface area contributed by atoms with Crippen LogP contribution in [0.15, 0.2) is 42.0 Å². The Morgan fingerprint density at radius 2 is 1.80 bits per heavy atom. The van der Waals surface area contributed by atoms with Gasteiger partial charge in [-0.3, -0.25) is 0 Å². The molecule has 0 amide bonds. The van der Waals surface area contributed by atoms with E-state index in [1.165, 1.54) is 41.2 Å². The second-order valence-corrected chi connectivity index (χ2v) is 9.47. The molecule has 4 rings (SSSR count). The molecule has 0 aromatic heterocycles. The van der Waals surface area contributed by atoms with Crippen LogP contribution in [-0.4, -0.2) is 11.1 Å². The van der Waals surface area contributed by atoms with Crippen molar-refractivity contribution in [3.63, 3.8) is 0 Å². The van der Waals surface area contributed by atoms with Gasteiger partial charge in [0.15, 0.2) is 0 Å². The smallest absolute Gasteiger partial charge is 0.328 e. The van der Waals surface area contributed by atoms with Crippen molar-refractivity contribution < 1.29 is 9.90 Å². The summed E-state index contributed by atoms with van der Waals surface area (Å²) < 4.78 is 0. The van der Waals surface area contributed by atoms with E-state index in [1.54, 1.807) is 0 Å². The molecule has 3 aliphatic rings. The van der Waals surface area contributed by atoms with Crippen LogP contribution < -0.4 is 0 Å². The van der Waals surface area contributed by atoms with E-state index in [1.807, 2.05) is 6.08 Å². The third kappa shape index (κ3) is 2.41. The third-order valence-electron chi connectivity index (χ3n) is 7.02. The quantitative estimate of drug-likeness (QED) is 0.764. The SMILES string of the molecule is CC1(C)CCC(C)(C)c2cc(C34CC3CC=C4/C=C/C(=O)O)ccc21. The molecule has 1 aromatic rings. The van der Waals surface area contributed by atoms with E-state index < -0.39 is 5.97 Å². The summed E-state index contributed by atoms with van der Waals surface area (Å²) in [5.41, 5.74) is 6.09. The van der Waals surface area contributed by atoms with Crippen LogP contribution in [0, 0.1) is 5.92 Å². The summed E-state index contributed by atoms with van der Waals surface area (Å²) in [5.74, 6) is -0.216. The topological polar surface area (TPSA) is 37.3 Å². The molecular weight excluding hydrogens is 308 g/mol. The van der Waals surface area contributed by atoms with E-state index in [0.717, 1.165) is 12.8 Å². The van der Waals surface area contributed by atoms with Crippen LogP contribution in [0.25, 0.3) is 0 Å². The number of carboxylic acid groups (broad SMARTS) is 1. The zero-order valence-corrected chi connectivity index (χ0v) is 15.7. The number of carbonyl (C=O) groups is 1. The van der Waals surface area contributed by atoms with Crippen molar-refractivity contribution in [3.8, 4) is 0 Å². The molecular formula is C23H28O2. The maximum absolute atomic E-state index is 11.0. The van der Waals surface area contributed by atoms with E-state index in [4.69, 9.17) is 5.11 Å². The van der Waals surface area contributed by atoms with Gasteiger partial charge in [0.05, 0.1) is 0 Å². The van der Waals surface area contributed by atoms with Crippen LogP contribution in [0.4, 0.5) is 0 Å². The standard InChI is InChI=1S/C23H28O2/c1-21(2)11-12-22(3,4)19-13-16(7-9-18(19)21)23-14-17(23)6-5-15(23)8-10-20(24)25/h5,7-10,13,17H,6,11-12,14H2,1-4H3,(H,24,25)/b10-8+. The maximum atomic E-state index is 11.0. The Morgan fingerprint density at radius 1 is 1.12 bits per heavy atom. The van der Waals surface area contributed by atoms with E-state index >= 15 is 0 Å². The monoisotopic (exact) mass is 336 g/mol. The van der Waals surface area contributed by atoms with Crippen LogP contribution >= 0.6 is 0 Å². The summed E-state index contributed by atoms with van der Waals surface area (Å²) in [5, 5.41) is 9.00. The molecule has 0 spiro atoms. The molecule has 0 saturated heterocycles. The first kappa shape index (κ1) is 16.6. The summed E-state index contributed by atoms with van der Waals surface area (Å²) in [6.45, 7) is 9.44. The average Bonchev–Trinajstić information content (AvgIpc) is 3.18. The molecule has 1 N–H and O–H groups in total. The van der Waals surface area contributed by atoms with Crippen molar-refractivity contribution in [2.75, 3.05) is 0 Å². The molecule has 0 radical (unpaired) electrons. The number of hydrogen-bond donors (Lipinski definition) is 1. The Balaban J connectivity index is 1.78. The largest absolute Gasteiger partial charge is 0.478 e. The summed E-state index contributed by atoms with van der Waals surface area (Å²) >= 11 is 0. The van der Waals surface area contributed by atoms with Gasteiger partial charge in [0.1, 0.15) is 0 Å². The number of rotatable bonds is 3. The molecule has 2 atom stereocenters. The van der Waals surface area contributed by atoms with Gasteiger partial charge < -0.3 is 5.11 Å². The third-order valence-corrected chi connectivity index (χ3v) is 7.02. The van der Waals surface area contributed by atoms with Crippen molar-refractivity contribution in [1.29, 1.82) is 0 Å². The number of benzene rings is 1. The van der Waals surface area contributed by atoms with Gasteiger partial charge in [-0.15, -0.1) is 0 Å².